The van der Waals surface area contributed by atoms with Gasteiger partial charge in [-0.05, 0) is 33.6 Å². The number of ether oxygens (including phenoxy) is 2. The third-order valence-corrected chi connectivity index (χ3v) is 2.64. The summed E-state index contributed by atoms with van der Waals surface area (Å²) in [4.78, 5) is 24.9. The molecule has 5 heteroatoms. The van der Waals surface area contributed by atoms with Gasteiger partial charge in [0.15, 0.2) is 0 Å². The molecule has 0 aromatic rings. The Balaban J connectivity index is 2.48. The average molecular weight is 243 g/mol. The van der Waals surface area contributed by atoms with Gasteiger partial charge >= 0.3 is 12.1 Å². The van der Waals surface area contributed by atoms with Crippen molar-refractivity contribution in [2.24, 2.45) is 5.92 Å². The zero-order valence-corrected chi connectivity index (χ0v) is 10.8. The maximum atomic E-state index is 11.7. The zero-order chi connectivity index (χ0) is 12.8. The van der Waals surface area contributed by atoms with Gasteiger partial charge in [0.1, 0.15) is 0 Å². The zero-order valence-electron chi connectivity index (χ0n) is 10.8. The van der Waals surface area contributed by atoms with E-state index in [1.54, 1.807) is 11.8 Å². The van der Waals surface area contributed by atoms with E-state index >= 15 is 0 Å². The summed E-state index contributed by atoms with van der Waals surface area (Å²) < 4.78 is 10.1. The van der Waals surface area contributed by atoms with Crippen LogP contribution in [0.4, 0.5) is 4.79 Å². The van der Waals surface area contributed by atoms with Crippen molar-refractivity contribution in [2.45, 2.75) is 39.7 Å². The second kappa shape index (κ2) is 6.47. The van der Waals surface area contributed by atoms with Gasteiger partial charge < -0.3 is 14.4 Å². The molecule has 1 heterocycles. The molecule has 0 aromatic carbocycles. The highest BCUT2D eigenvalue weighted by Gasteiger charge is 2.30. The Bertz CT molecular complexity index is 278. The Kier molecular flexibility index (Phi) is 5.25. The molecule has 0 radical (unpaired) electrons. The number of carbonyl (C=O) groups is 2. The van der Waals surface area contributed by atoms with Crippen LogP contribution in [0, 0.1) is 5.92 Å². The molecule has 1 aliphatic heterocycles. The first-order valence-corrected chi connectivity index (χ1v) is 6.16. The summed E-state index contributed by atoms with van der Waals surface area (Å²) in [5.74, 6) is -0.419. The highest BCUT2D eigenvalue weighted by Crippen LogP contribution is 2.18. The first kappa shape index (κ1) is 13.8. The molecule has 0 aliphatic carbocycles. The summed E-state index contributed by atoms with van der Waals surface area (Å²) in [5, 5.41) is 0. The largest absolute Gasteiger partial charge is 0.466 e. The second-order valence-corrected chi connectivity index (χ2v) is 4.47. The predicted octanol–water partition coefficient (Wildman–Crippen LogP) is 1.81. The van der Waals surface area contributed by atoms with Crippen molar-refractivity contribution in [1.82, 2.24) is 4.90 Å². The smallest absolute Gasteiger partial charge is 0.410 e. The van der Waals surface area contributed by atoms with Gasteiger partial charge in [0.05, 0.1) is 18.6 Å². The third-order valence-electron chi connectivity index (χ3n) is 2.64. The molecule has 0 saturated carbocycles. The van der Waals surface area contributed by atoms with Crippen LogP contribution in [0.1, 0.15) is 33.6 Å². The molecule has 1 atom stereocenters. The lowest BCUT2D eigenvalue weighted by Gasteiger charge is -2.31. The van der Waals surface area contributed by atoms with Crippen LogP contribution in [0.25, 0.3) is 0 Å². The van der Waals surface area contributed by atoms with Crippen LogP contribution in [0.15, 0.2) is 0 Å². The van der Waals surface area contributed by atoms with Crippen molar-refractivity contribution in [3.8, 4) is 0 Å². The van der Waals surface area contributed by atoms with Crippen LogP contribution in [0.3, 0.4) is 0 Å². The highest BCUT2D eigenvalue weighted by molar-refractivity contribution is 5.74. The highest BCUT2D eigenvalue weighted by atomic mass is 16.6. The lowest BCUT2D eigenvalue weighted by Crippen LogP contribution is -2.43. The maximum Gasteiger partial charge on any atom is 0.410 e. The van der Waals surface area contributed by atoms with E-state index in [0.717, 1.165) is 12.8 Å². The Morgan fingerprint density at radius 2 is 2.12 bits per heavy atom. The minimum Gasteiger partial charge on any atom is -0.466 e. The molecule has 5 nitrogen and oxygen atoms in total. The molecular weight excluding hydrogens is 222 g/mol. The van der Waals surface area contributed by atoms with Gasteiger partial charge in [-0.25, -0.2) is 4.79 Å². The molecular formula is C12H21NO4. The Morgan fingerprint density at radius 3 is 2.71 bits per heavy atom. The van der Waals surface area contributed by atoms with E-state index < -0.39 is 0 Å². The van der Waals surface area contributed by atoms with Crippen molar-refractivity contribution in [3.05, 3.63) is 0 Å². The number of rotatable bonds is 3. The molecule has 0 bridgehead atoms. The number of hydrogen-bond donors (Lipinski definition) is 0. The Morgan fingerprint density at radius 1 is 1.41 bits per heavy atom. The van der Waals surface area contributed by atoms with Gasteiger partial charge in [0, 0.05) is 13.1 Å². The van der Waals surface area contributed by atoms with Crippen LogP contribution in [-0.2, 0) is 14.3 Å². The van der Waals surface area contributed by atoms with Crippen LogP contribution in [0.5, 0.6) is 0 Å². The molecule has 1 fully saturated rings. The van der Waals surface area contributed by atoms with Crippen LogP contribution >= 0.6 is 0 Å². The van der Waals surface area contributed by atoms with E-state index in [0.29, 0.717) is 19.7 Å². The van der Waals surface area contributed by atoms with E-state index in [1.807, 2.05) is 13.8 Å². The fourth-order valence-electron chi connectivity index (χ4n) is 1.87. The van der Waals surface area contributed by atoms with Crippen molar-refractivity contribution in [2.75, 3.05) is 19.7 Å². The van der Waals surface area contributed by atoms with Crippen molar-refractivity contribution >= 4 is 12.1 Å². The van der Waals surface area contributed by atoms with E-state index in [1.165, 1.54) is 0 Å². The van der Waals surface area contributed by atoms with Crippen molar-refractivity contribution in [1.29, 1.82) is 0 Å². The van der Waals surface area contributed by atoms with Gasteiger partial charge in [-0.2, -0.15) is 0 Å². The molecule has 0 aromatic heterocycles. The van der Waals surface area contributed by atoms with E-state index in [4.69, 9.17) is 9.47 Å². The summed E-state index contributed by atoms with van der Waals surface area (Å²) in [7, 11) is 0. The topological polar surface area (TPSA) is 55.8 Å². The summed E-state index contributed by atoms with van der Waals surface area (Å²) in [6.45, 7) is 6.85. The molecule has 1 aliphatic rings. The SMILES string of the molecule is CCOC(=O)[C@@H]1CCCN(C(=O)OC(C)C)C1. The molecule has 1 rings (SSSR count). The number of esters is 1. The Hall–Kier alpha value is -1.26. The molecule has 0 unspecified atom stereocenters. The molecule has 98 valence electrons. The Labute approximate surface area is 102 Å². The van der Waals surface area contributed by atoms with E-state index in [2.05, 4.69) is 0 Å². The number of hydrogen-bond acceptors (Lipinski definition) is 4. The summed E-state index contributed by atoms with van der Waals surface area (Å²) in [5.41, 5.74) is 0. The summed E-state index contributed by atoms with van der Waals surface area (Å²) >= 11 is 0. The van der Waals surface area contributed by atoms with Crippen molar-refractivity contribution < 1.29 is 19.1 Å². The van der Waals surface area contributed by atoms with Crippen LogP contribution < -0.4 is 0 Å². The fourth-order valence-corrected chi connectivity index (χ4v) is 1.87. The second-order valence-electron chi connectivity index (χ2n) is 4.47. The number of carbonyl (C=O) groups excluding carboxylic acids is 2. The van der Waals surface area contributed by atoms with Gasteiger partial charge in [-0.1, -0.05) is 0 Å². The van der Waals surface area contributed by atoms with Gasteiger partial charge in [0.25, 0.3) is 0 Å². The molecule has 0 spiro atoms. The van der Waals surface area contributed by atoms with Gasteiger partial charge in [0.2, 0.25) is 0 Å². The quantitative estimate of drug-likeness (QED) is 0.709. The van der Waals surface area contributed by atoms with E-state index in [9.17, 15) is 9.59 Å². The predicted molar refractivity (Wildman–Crippen MR) is 62.5 cm³/mol. The standard InChI is InChI=1S/C12H21NO4/c1-4-16-11(14)10-6-5-7-13(8-10)12(15)17-9(2)3/h9-10H,4-8H2,1-3H3/t10-/m1/s1. The van der Waals surface area contributed by atoms with Crippen LogP contribution in [0.2, 0.25) is 0 Å². The molecule has 1 amide bonds. The normalized spacial score (nSPS) is 20.2. The first-order valence-electron chi connectivity index (χ1n) is 6.16. The average Bonchev–Trinajstić information content (AvgIpc) is 2.28. The monoisotopic (exact) mass is 243 g/mol. The van der Waals surface area contributed by atoms with Crippen LogP contribution in [-0.4, -0.2) is 42.8 Å². The summed E-state index contributed by atoms with van der Waals surface area (Å²) in [6.07, 6.45) is 1.13. The number of nitrogens with zero attached hydrogens (tertiary/aromatic N) is 1. The van der Waals surface area contributed by atoms with Gasteiger partial charge in [-0.15, -0.1) is 0 Å². The molecule has 1 saturated heterocycles. The summed E-state index contributed by atoms with van der Waals surface area (Å²) in [6, 6.07) is 0. The van der Waals surface area contributed by atoms with Crippen molar-refractivity contribution in [3.63, 3.8) is 0 Å². The number of likely N-dealkylation sites (tertiary alicyclic amines) is 1. The fraction of sp³-hybridized carbons (Fsp3) is 0.833. The van der Waals surface area contributed by atoms with E-state index in [-0.39, 0.29) is 24.1 Å². The molecule has 0 N–H and O–H groups in total. The molecule has 17 heavy (non-hydrogen) atoms. The lowest BCUT2D eigenvalue weighted by molar-refractivity contribution is -0.149. The van der Waals surface area contributed by atoms with Gasteiger partial charge in [-0.3, -0.25) is 4.79 Å². The maximum absolute atomic E-state index is 11.7. The lowest BCUT2D eigenvalue weighted by atomic mass is 9.99. The minimum atomic E-state index is -0.339. The number of piperidine rings is 1. The first-order chi connectivity index (χ1) is 8.04. The third kappa shape index (κ3) is 4.24. The minimum absolute atomic E-state index is 0.134. The number of amides is 1.